The highest BCUT2D eigenvalue weighted by atomic mass is 19.3. The van der Waals surface area contributed by atoms with Gasteiger partial charge in [0.2, 0.25) is 0 Å². The fourth-order valence-electron chi connectivity index (χ4n) is 1.28. The molecule has 0 heterocycles. The molecular formula is C11H9F2NO3. The lowest BCUT2D eigenvalue weighted by molar-refractivity contribution is 0.0522. The Labute approximate surface area is 96.0 Å². The standard InChI is InChI=1S/C11H9F2NO3/c1-2-17-11(16)7-4-3-6(10(12)13)8(5-14)9(7)15/h3-4,10,15H,2H2,1H3. The van der Waals surface area contributed by atoms with Gasteiger partial charge in [-0.1, -0.05) is 6.07 Å². The van der Waals surface area contributed by atoms with Gasteiger partial charge in [-0.15, -0.1) is 0 Å². The van der Waals surface area contributed by atoms with E-state index >= 15 is 0 Å². The maximum Gasteiger partial charge on any atom is 0.341 e. The third kappa shape index (κ3) is 2.50. The number of hydrogen-bond acceptors (Lipinski definition) is 4. The monoisotopic (exact) mass is 241 g/mol. The summed E-state index contributed by atoms with van der Waals surface area (Å²) in [5.41, 5.74) is -1.52. The first-order valence-corrected chi connectivity index (χ1v) is 4.74. The number of ether oxygens (including phenoxy) is 1. The van der Waals surface area contributed by atoms with Crippen LogP contribution in [0.2, 0.25) is 0 Å². The molecule has 90 valence electrons. The SMILES string of the molecule is CCOC(=O)c1ccc(C(F)F)c(C#N)c1O. The van der Waals surface area contributed by atoms with E-state index in [0.29, 0.717) is 0 Å². The number of phenolic OH excluding ortho intramolecular Hbond substituents is 1. The number of carbonyl (C=O) groups is 1. The van der Waals surface area contributed by atoms with Crippen LogP contribution in [0.25, 0.3) is 0 Å². The van der Waals surface area contributed by atoms with Crippen molar-refractivity contribution in [3.05, 3.63) is 28.8 Å². The van der Waals surface area contributed by atoms with Gasteiger partial charge in [0.25, 0.3) is 6.43 Å². The van der Waals surface area contributed by atoms with E-state index in [4.69, 9.17) is 5.26 Å². The molecule has 0 amide bonds. The zero-order valence-electron chi connectivity index (χ0n) is 8.91. The number of halogens is 2. The van der Waals surface area contributed by atoms with Crippen molar-refractivity contribution in [2.24, 2.45) is 0 Å². The van der Waals surface area contributed by atoms with Gasteiger partial charge in [-0.2, -0.15) is 5.26 Å². The molecule has 0 atom stereocenters. The molecule has 0 saturated heterocycles. The van der Waals surface area contributed by atoms with E-state index in [9.17, 15) is 18.7 Å². The molecule has 0 fully saturated rings. The molecule has 6 heteroatoms. The molecule has 0 aliphatic heterocycles. The van der Waals surface area contributed by atoms with Crippen LogP contribution in [0.4, 0.5) is 8.78 Å². The second-order valence-electron chi connectivity index (χ2n) is 3.06. The Hall–Kier alpha value is -2.16. The zero-order chi connectivity index (χ0) is 13.0. The van der Waals surface area contributed by atoms with Gasteiger partial charge in [-0.25, -0.2) is 13.6 Å². The van der Waals surface area contributed by atoms with Crippen molar-refractivity contribution in [3.63, 3.8) is 0 Å². The number of carbonyl (C=O) groups excluding carboxylic acids is 1. The van der Waals surface area contributed by atoms with Crippen LogP contribution >= 0.6 is 0 Å². The molecular weight excluding hydrogens is 232 g/mol. The van der Waals surface area contributed by atoms with Crippen molar-refractivity contribution in [1.82, 2.24) is 0 Å². The molecule has 0 aromatic heterocycles. The number of nitrogens with zero attached hydrogens (tertiary/aromatic N) is 1. The first-order chi connectivity index (χ1) is 8.02. The number of alkyl halides is 2. The van der Waals surface area contributed by atoms with Gasteiger partial charge in [-0.05, 0) is 13.0 Å². The van der Waals surface area contributed by atoms with Gasteiger partial charge in [-0.3, -0.25) is 0 Å². The van der Waals surface area contributed by atoms with Crippen LogP contribution in [0.1, 0.15) is 34.8 Å². The number of benzene rings is 1. The van der Waals surface area contributed by atoms with Crippen molar-refractivity contribution in [1.29, 1.82) is 5.26 Å². The molecule has 1 aromatic rings. The van der Waals surface area contributed by atoms with Crippen molar-refractivity contribution in [2.75, 3.05) is 6.61 Å². The highest BCUT2D eigenvalue weighted by molar-refractivity contribution is 5.93. The first-order valence-electron chi connectivity index (χ1n) is 4.74. The number of hydrogen-bond donors (Lipinski definition) is 1. The van der Waals surface area contributed by atoms with E-state index in [1.54, 1.807) is 6.92 Å². The number of esters is 1. The summed E-state index contributed by atoms with van der Waals surface area (Å²) in [7, 11) is 0. The van der Waals surface area contributed by atoms with E-state index in [2.05, 4.69) is 4.74 Å². The fourth-order valence-corrected chi connectivity index (χ4v) is 1.28. The topological polar surface area (TPSA) is 70.3 Å². The molecule has 0 aliphatic carbocycles. The molecule has 1 N–H and O–H groups in total. The molecule has 1 rings (SSSR count). The predicted molar refractivity (Wildman–Crippen MR) is 53.7 cm³/mol. The van der Waals surface area contributed by atoms with Crippen LogP contribution in [0.15, 0.2) is 12.1 Å². The molecule has 17 heavy (non-hydrogen) atoms. The average Bonchev–Trinajstić information content (AvgIpc) is 2.28. The Morgan fingerprint density at radius 2 is 2.24 bits per heavy atom. The van der Waals surface area contributed by atoms with Crippen LogP contribution in [-0.2, 0) is 4.74 Å². The minimum atomic E-state index is -2.90. The summed E-state index contributed by atoms with van der Waals surface area (Å²) in [5.74, 6) is -1.63. The largest absolute Gasteiger partial charge is 0.506 e. The van der Waals surface area contributed by atoms with Crippen molar-refractivity contribution in [3.8, 4) is 11.8 Å². The fraction of sp³-hybridized carbons (Fsp3) is 0.273. The van der Waals surface area contributed by atoms with E-state index in [-0.39, 0.29) is 12.2 Å². The summed E-state index contributed by atoms with van der Waals surface area (Å²) < 4.78 is 29.6. The molecule has 1 aromatic carbocycles. The average molecular weight is 241 g/mol. The minimum absolute atomic E-state index is 0.0801. The van der Waals surface area contributed by atoms with E-state index in [1.165, 1.54) is 6.07 Å². The van der Waals surface area contributed by atoms with E-state index in [1.807, 2.05) is 0 Å². The Morgan fingerprint density at radius 3 is 2.71 bits per heavy atom. The van der Waals surface area contributed by atoms with Gasteiger partial charge in [0.05, 0.1) is 6.61 Å². The quantitative estimate of drug-likeness (QED) is 0.825. The number of phenols is 1. The predicted octanol–water partition coefficient (Wildman–Crippen LogP) is 2.38. The molecule has 0 aliphatic rings. The second-order valence-corrected chi connectivity index (χ2v) is 3.06. The summed E-state index contributed by atoms with van der Waals surface area (Å²) in [5, 5.41) is 18.2. The Balaban J connectivity index is 3.31. The third-order valence-electron chi connectivity index (χ3n) is 2.05. The third-order valence-corrected chi connectivity index (χ3v) is 2.05. The zero-order valence-corrected chi connectivity index (χ0v) is 8.91. The first kappa shape index (κ1) is 12.9. The van der Waals surface area contributed by atoms with Gasteiger partial charge >= 0.3 is 5.97 Å². The molecule has 0 radical (unpaired) electrons. The van der Waals surface area contributed by atoms with Crippen molar-refractivity contribution >= 4 is 5.97 Å². The highest BCUT2D eigenvalue weighted by Crippen LogP contribution is 2.31. The van der Waals surface area contributed by atoms with Crippen LogP contribution in [0.5, 0.6) is 5.75 Å². The molecule has 0 unspecified atom stereocenters. The van der Waals surface area contributed by atoms with Gasteiger partial charge in [0.1, 0.15) is 22.9 Å². The van der Waals surface area contributed by atoms with Crippen molar-refractivity contribution < 1.29 is 23.4 Å². The van der Waals surface area contributed by atoms with E-state index < -0.39 is 29.3 Å². The summed E-state index contributed by atoms with van der Waals surface area (Å²) in [4.78, 5) is 11.3. The smallest absolute Gasteiger partial charge is 0.341 e. The highest BCUT2D eigenvalue weighted by Gasteiger charge is 2.22. The van der Waals surface area contributed by atoms with Gasteiger partial charge in [0.15, 0.2) is 0 Å². The van der Waals surface area contributed by atoms with E-state index in [0.717, 1.165) is 12.1 Å². The lowest BCUT2D eigenvalue weighted by atomic mass is 10.0. The Morgan fingerprint density at radius 1 is 1.59 bits per heavy atom. The summed E-state index contributed by atoms with van der Waals surface area (Å²) in [6.07, 6.45) is -2.90. The number of rotatable bonds is 3. The van der Waals surface area contributed by atoms with Crippen molar-refractivity contribution in [2.45, 2.75) is 13.3 Å². The summed E-state index contributed by atoms with van der Waals surface area (Å²) in [6, 6.07) is 3.38. The number of aromatic hydroxyl groups is 1. The Kier molecular flexibility index (Phi) is 3.99. The maximum absolute atomic E-state index is 12.5. The van der Waals surface area contributed by atoms with Gasteiger partial charge < -0.3 is 9.84 Å². The van der Waals surface area contributed by atoms with Gasteiger partial charge in [0, 0.05) is 5.56 Å². The summed E-state index contributed by atoms with van der Waals surface area (Å²) in [6.45, 7) is 1.64. The maximum atomic E-state index is 12.5. The molecule has 4 nitrogen and oxygen atoms in total. The van der Waals surface area contributed by atoms with Crippen LogP contribution < -0.4 is 0 Å². The Bertz CT molecular complexity index is 480. The van der Waals surface area contributed by atoms with Crippen LogP contribution in [-0.4, -0.2) is 17.7 Å². The molecule has 0 saturated carbocycles. The van der Waals surface area contributed by atoms with Crippen LogP contribution in [0, 0.1) is 11.3 Å². The van der Waals surface area contributed by atoms with Crippen LogP contribution in [0.3, 0.4) is 0 Å². The summed E-state index contributed by atoms with van der Waals surface area (Å²) >= 11 is 0. The lowest BCUT2D eigenvalue weighted by Crippen LogP contribution is -2.06. The normalized spacial score (nSPS) is 10.1. The molecule has 0 bridgehead atoms. The second kappa shape index (κ2) is 5.25. The number of nitriles is 1. The minimum Gasteiger partial charge on any atom is -0.506 e. The lowest BCUT2D eigenvalue weighted by Gasteiger charge is -2.09. The molecule has 0 spiro atoms.